The third-order valence-electron chi connectivity index (χ3n) is 12.9. The Bertz CT molecular complexity index is 3030. The van der Waals surface area contributed by atoms with Gasteiger partial charge in [0.05, 0.1) is 32.6 Å². The molecule has 8 nitrogen and oxygen atoms in total. The van der Waals surface area contributed by atoms with Crippen LogP contribution in [-0.4, -0.2) is 0 Å². The van der Waals surface area contributed by atoms with Gasteiger partial charge in [-0.05, 0) is 94.8 Å². The van der Waals surface area contributed by atoms with E-state index < -0.39 is 14.3 Å². The molecule has 13 rings (SSSR count). The van der Waals surface area contributed by atoms with Crippen molar-refractivity contribution in [3.63, 3.8) is 0 Å². The highest BCUT2D eigenvalue weighted by atomic mass is 31.2. The predicted octanol–water partition coefficient (Wildman–Crippen LogP) is 11.5. The number of hydrogen-bond donors (Lipinski definition) is 0. The maximum atomic E-state index is 17.1. The summed E-state index contributed by atoms with van der Waals surface area (Å²) in [6.07, 6.45) is 0. The van der Waals surface area contributed by atoms with Crippen LogP contribution in [0, 0.1) is 0 Å². The molecule has 2 atom stereocenters. The molecule has 0 spiro atoms. The summed E-state index contributed by atoms with van der Waals surface area (Å²) in [5.74, 6) is 3.70. The summed E-state index contributed by atoms with van der Waals surface area (Å²) in [5.41, 5.74) is 6.31. The quantitative estimate of drug-likeness (QED) is 0.160. The fourth-order valence-corrected chi connectivity index (χ4v) is 16.9. The molecule has 0 amide bonds. The van der Waals surface area contributed by atoms with E-state index in [-0.39, 0.29) is 10.8 Å². The highest BCUT2D eigenvalue weighted by Crippen LogP contribution is 2.73. The van der Waals surface area contributed by atoms with Crippen LogP contribution in [0.2, 0.25) is 0 Å². The van der Waals surface area contributed by atoms with Crippen molar-refractivity contribution in [3.8, 4) is 46.0 Å². The molecule has 10 heteroatoms. The molecule has 2 unspecified atom stereocenters. The summed E-state index contributed by atoms with van der Waals surface area (Å²) in [6.45, 7) is 13.2. The maximum absolute atomic E-state index is 17.1. The molecule has 0 aromatic heterocycles. The molecule has 0 saturated heterocycles. The molecule has 7 aromatic carbocycles. The average Bonchev–Trinajstić information content (AvgIpc) is 3.21. The first-order chi connectivity index (χ1) is 28.8. The van der Waals surface area contributed by atoms with Crippen molar-refractivity contribution in [2.45, 2.75) is 52.4 Å². The highest BCUT2D eigenvalue weighted by Gasteiger charge is 2.61. The second-order valence-electron chi connectivity index (χ2n) is 18.4. The van der Waals surface area contributed by atoms with E-state index in [0.717, 1.165) is 11.4 Å². The SMILES string of the molecule is CC(C)(C)c1ccc(N2c3cccc4c3P3(=O)c5c(cccc5Oc5c6c7c(c2c53)Oc2cccc3c2P7(=O)c2c(cccc2N6c2ccc(C(C)(C)C)cc2)O3)O4)cc1. The second kappa shape index (κ2) is 10.9. The van der Waals surface area contributed by atoms with Crippen LogP contribution in [-0.2, 0) is 20.0 Å². The molecule has 0 radical (unpaired) electrons. The first-order valence-corrected chi connectivity index (χ1v) is 23.7. The molecule has 7 aromatic rings. The number of anilines is 6. The molecule has 0 aliphatic carbocycles. The van der Waals surface area contributed by atoms with Crippen molar-refractivity contribution in [2.75, 3.05) is 9.80 Å². The van der Waals surface area contributed by atoms with Gasteiger partial charge in [-0.2, -0.15) is 0 Å². The lowest BCUT2D eigenvalue weighted by atomic mass is 9.87. The Morgan fingerprint density at radius 3 is 1.05 bits per heavy atom. The summed E-state index contributed by atoms with van der Waals surface area (Å²) < 4.78 is 61.9. The van der Waals surface area contributed by atoms with E-state index in [4.69, 9.17) is 18.9 Å². The van der Waals surface area contributed by atoms with Gasteiger partial charge in [-0.3, -0.25) is 0 Å². The summed E-state index contributed by atoms with van der Waals surface area (Å²) in [5, 5.41) is 3.23. The Balaban J connectivity index is 1.23. The highest BCUT2D eigenvalue weighted by molar-refractivity contribution is 7.88. The Kier molecular flexibility index (Phi) is 6.32. The molecule has 6 aliphatic rings. The van der Waals surface area contributed by atoms with Gasteiger partial charge in [-0.25, -0.2) is 0 Å². The zero-order chi connectivity index (χ0) is 40.8. The lowest BCUT2D eigenvalue weighted by molar-refractivity contribution is 0.453. The lowest BCUT2D eigenvalue weighted by Crippen LogP contribution is -2.48. The van der Waals surface area contributed by atoms with Crippen LogP contribution in [0.3, 0.4) is 0 Å². The van der Waals surface area contributed by atoms with Gasteiger partial charge >= 0.3 is 0 Å². The Labute approximate surface area is 347 Å². The van der Waals surface area contributed by atoms with Crippen LogP contribution >= 0.6 is 14.3 Å². The van der Waals surface area contributed by atoms with Crippen molar-refractivity contribution in [3.05, 3.63) is 132 Å². The molecule has 0 bridgehead atoms. The molecule has 294 valence electrons. The van der Waals surface area contributed by atoms with Crippen molar-refractivity contribution < 1.29 is 28.1 Å². The third kappa shape index (κ3) is 4.04. The summed E-state index contributed by atoms with van der Waals surface area (Å²) in [4.78, 5) is 4.24. The number of ether oxygens (including phenoxy) is 4. The number of nitrogens with zero attached hydrogens (tertiary/aromatic N) is 2. The number of fused-ring (bicyclic) bond motifs is 2. The van der Waals surface area contributed by atoms with Gasteiger partial charge in [-0.1, -0.05) is 90.1 Å². The van der Waals surface area contributed by atoms with Gasteiger partial charge in [0.2, 0.25) is 0 Å². The van der Waals surface area contributed by atoms with Crippen molar-refractivity contribution in [1.29, 1.82) is 0 Å². The van der Waals surface area contributed by atoms with E-state index in [1.54, 1.807) is 0 Å². The van der Waals surface area contributed by atoms with E-state index in [2.05, 4.69) is 99.9 Å². The van der Waals surface area contributed by atoms with Gasteiger partial charge in [0.15, 0.2) is 25.8 Å². The Morgan fingerprint density at radius 1 is 0.383 bits per heavy atom. The zero-order valence-corrected chi connectivity index (χ0v) is 35.6. The first-order valence-electron chi connectivity index (χ1n) is 20.3. The number of benzene rings is 7. The molecule has 0 N–H and O–H groups in total. The molecule has 0 saturated carbocycles. The molecule has 60 heavy (non-hydrogen) atoms. The smallest absolute Gasteiger partial charge is 0.190 e. The van der Waals surface area contributed by atoms with Crippen LogP contribution in [0.1, 0.15) is 52.7 Å². The summed E-state index contributed by atoms with van der Waals surface area (Å²) in [7, 11) is -7.62. The monoisotopic (exact) mass is 824 g/mol. The van der Waals surface area contributed by atoms with Gasteiger partial charge in [0.1, 0.15) is 56.5 Å². The zero-order valence-electron chi connectivity index (χ0n) is 33.8. The average molecular weight is 825 g/mol. The maximum Gasteiger partial charge on any atom is 0.190 e. The Hall–Kier alpha value is -6.20. The standard InChI is InChI=1S/C50H38N2O6P2/c1-49(2,3)27-19-23-29(24-20-27)51-31-11-7-13-33-43(31)59(53)45-35(55-33)15-10-18-38(45)58-42-40-48-41(39(51)47(42)59)57-37-17-9-16-36-46(37)60(48,54)44-32(12-8-14-34(44)56-36)52(40)30-25-21-28(22-26-30)50(4,5)6/h7-26H,1-6H3. The van der Waals surface area contributed by atoms with Gasteiger partial charge in [-0.15, -0.1) is 0 Å². The van der Waals surface area contributed by atoms with E-state index in [1.807, 2.05) is 72.8 Å². The van der Waals surface area contributed by atoms with E-state index in [1.165, 1.54) is 11.1 Å². The van der Waals surface area contributed by atoms with Crippen LogP contribution in [0.15, 0.2) is 121 Å². The van der Waals surface area contributed by atoms with Crippen LogP contribution in [0.25, 0.3) is 0 Å². The van der Waals surface area contributed by atoms with Crippen LogP contribution < -0.4 is 60.6 Å². The third-order valence-corrected chi connectivity index (χ3v) is 19.2. The molecule has 0 fully saturated rings. The largest absolute Gasteiger partial charge is 0.456 e. The van der Waals surface area contributed by atoms with Crippen LogP contribution in [0.5, 0.6) is 46.0 Å². The molecule has 6 heterocycles. The molecular weight excluding hydrogens is 787 g/mol. The topological polar surface area (TPSA) is 77.5 Å². The lowest BCUT2D eigenvalue weighted by Gasteiger charge is -2.49. The van der Waals surface area contributed by atoms with Crippen molar-refractivity contribution in [2.24, 2.45) is 0 Å². The van der Waals surface area contributed by atoms with E-state index >= 15 is 9.13 Å². The fraction of sp³-hybridized carbons (Fsp3) is 0.160. The van der Waals surface area contributed by atoms with Crippen molar-refractivity contribution >= 4 is 80.2 Å². The van der Waals surface area contributed by atoms with Gasteiger partial charge < -0.3 is 37.9 Å². The minimum absolute atomic E-state index is 0.0898. The number of hydrogen-bond acceptors (Lipinski definition) is 8. The van der Waals surface area contributed by atoms with Gasteiger partial charge in [0, 0.05) is 11.4 Å². The summed E-state index contributed by atoms with van der Waals surface area (Å²) in [6, 6.07) is 39.8. The minimum atomic E-state index is -3.81. The van der Waals surface area contributed by atoms with Gasteiger partial charge in [0.25, 0.3) is 0 Å². The van der Waals surface area contributed by atoms with E-state index in [9.17, 15) is 0 Å². The van der Waals surface area contributed by atoms with Crippen LogP contribution in [0.4, 0.5) is 34.1 Å². The predicted molar refractivity (Wildman–Crippen MR) is 239 cm³/mol. The van der Waals surface area contributed by atoms with E-state index in [0.29, 0.717) is 101 Å². The minimum Gasteiger partial charge on any atom is -0.456 e. The Morgan fingerprint density at radius 2 is 0.700 bits per heavy atom. The normalized spacial score (nSPS) is 19.9. The molecule has 6 aliphatic heterocycles. The first kappa shape index (κ1) is 34.6. The molecular formula is C50H38N2O6P2. The summed E-state index contributed by atoms with van der Waals surface area (Å²) >= 11 is 0. The second-order valence-corrected chi connectivity index (χ2v) is 23.5. The number of rotatable bonds is 2. The fourth-order valence-electron chi connectivity index (χ4n) is 10.1. The van der Waals surface area contributed by atoms with Crippen molar-refractivity contribution in [1.82, 2.24) is 0 Å².